The third kappa shape index (κ3) is 12.2. The second kappa shape index (κ2) is 16.0. The summed E-state index contributed by atoms with van der Waals surface area (Å²) in [7, 11) is 0. The van der Waals surface area contributed by atoms with Crippen molar-refractivity contribution in [1.82, 2.24) is 0 Å². The molecule has 2 aromatic carbocycles. The first-order valence-corrected chi connectivity index (χ1v) is 10.1. The Hall–Kier alpha value is -2.95. The molecule has 0 radical (unpaired) electrons. The topological polar surface area (TPSA) is 76.0 Å². The van der Waals surface area contributed by atoms with Crippen molar-refractivity contribution in [3.63, 3.8) is 0 Å². The van der Waals surface area contributed by atoms with Crippen molar-refractivity contribution >= 4 is 18.2 Å². The zero-order valence-corrected chi connectivity index (χ0v) is 17.1. The van der Waals surface area contributed by atoms with Crippen LogP contribution in [0.15, 0.2) is 65.7 Å². The Balaban J connectivity index is 0.000000387. The molecule has 0 saturated heterocycles. The first-order valence-electron chi connectivity index (χ1n) is 10.1. The monoisotopic (exact) mass is 397 g/mol. The van der Waals surface area contributed by atoms with Gasteiger partial charge in [0.05, 0.1) is 17.7 Å². The molecule has 2 aromatic rings. The number of aromatic carboxylic acids is 1. The molecule has 0 fully saturated rings. The highest BCUT2D eigenvalue weighted by molar-refractivity contribution is 5.89. The molecule has 2 rings (SSSR count). The Morgan fingerprint density at radius 1 is 0.897 bits per heavy atom. The predicted octanol–water partition coefficient (Wildman–Crippen LogP) is 5.66. The zero-order valence-electron chi connectivity index (χ0n) is 17.1. The van der Waals surface area contributed by atoms with E-state index in [0.29, 0.717) is 17.7 Å². The summed E-state index contributed by atoms with van der Waals surface area (Å²) < 4.78 is 5.19. The third-order valence-electron chi connectivity index (χ3n) is 4.01. The van der Waals surface area contributed by atoms with Crippen molar-refractivity contribution in [2.75, 3.05) is 13.2 Å². The molecule has 0 aliphatic carbocycles. The van der Waals surface area contributed by atoms with E-state index in [0.717, 1.165) is 19.4 Å². The minimum absolute atomic E-state index is 0.248. The summed E-state index contributed by atoms with van der Waals surface area (Å²) in [5, 5.41) is 8.38. The number of carbonyl (C=O) groups excluding carboxylic acids is 1. The molecular formula is C24H31NO4. The van der Waals surface area contributed by atoms with Crippen LogP contribution in [0.2, 0.25) is 0 Å². The molecule has 0 atom stereocenters. The molecule has 0 amide bonds. The van der Waals surface area contributed by atoms with E-state index in [1.54, 1.807) is 42.5 Å². The molecule has 5 heteroatoms. The number of rotatable bonds is 11. The summed E-state index contributed by atoms with van der Waals surface area (Å²) in [5.41, 5.74) is 0.939. The second-order valence-electron chi connectivity index (χ2n) is 6.46. The number of carboxylic acid groups (broad SMARTS) is 1. The molecular weight excluding hydrogens is 366 g/mol. The Morgan fingerprint density at radius 3 is 2.07 bits per heavy atom. The molecule has 0 aliphatic heterocycles. The Labute approximate surface area is 173 Å². The van der Waals surface area contributed by atoms with Crippen LogP contribution in [0.1, 0.15) is 66.2 Å². The molecule has 5 nitrogen and oxygen atoms in total. The van der Waals surface area contributed by atoms with Gasteiger partial charge in [0.15, 0.2) is 0 Å². The zero-order chi connectivity index (χ0) is 21.2. The van der Waals surface area contributed by atoms with Gasteiger partial charge in [-0.1, -0.05) is 62.6 Å². The van der Waals surface area contributed by atoms with Gasteiger partial charge in [-0.3, -0.25) is 4.99 Å². The van der Waals surface area contributed by atoms with Crippen molar-refractivity contribution < 1.29 is 19.4 Å². The van der Waals surface area contributed by atoms with Crippen LogP contribution in [-0.2, 0) is 4.74 Å². The lowest BCUT2D eigenvalue weighted by atomic mass is 10.2. The number of esters is 1. The Bertz CT molecular complexity index is 714. The standard InChI is InChI=1S/C17H25NO2.C7H6O2/c1-2-3-4-8-13-18-14-9-10-15-20-17(19)16-11-6-5-7-12-16;8-7(9)6-4-2-1-3-5-6/h5-7,11-12,14H,2-4,8-10,13,15H2,1H3;1-5H,(H,8,9). The summed E-state index contributed by atoms with van der Waals surface area (Å²) in [5.74, 6) is -1.13. The molecule has 0 spiro atoms. The van der Waals surface area contributed by atoms with Gasteiger partial charge in [0.1, 0.15) is 0 Å². The second-order valence-corrected chi connectivity index (χ2v) is 6.46. The molecule has 0 bridgehead atoms. The van der Waals surface area contributed by atoms with Crippen LogP contribution in [0, 0.1) is 0 Å². The van der Waals surface area contributed by atoms with Gasteiger partial charge in [-0.05, 0) is 49.7 Å². The molecule has 0 aliphatic rings. The van der Waals surface area contributed by atoms with E-state index in [4.69, 9.17) is 9.84 Å². The number of carboxylic acids is 1. The van der Waals surface area contributed by atoms with Crippen LogP contribution in [0.4, 0.5) is 0 Å². The number of unbranched alkanes of at least 4 members (excludes halogenated alkanes) is 4. The van der Waals surface area contributed by atoms with Crippen LogP contribution < -0.4 is 0 Å². The van der Waals surface area contributed by atoms with Crippen LogP contribution in [-0.4, -0.2) is 36.4 Å². The lowest BCUT2D eigenvalue weighted by Gasteiger charge is -2.03. The van der Waals surface area contributed by atoms with E-state index < -0.39 is 5.97 Å². The fourth-order valence-corrected chi connectivity index (χ4v) is 2.39. The molecule has 1 N–H and O–H groups in total. The average Bonchev–Trinajstić information content (AvgIpc) is 2.76. The number of ether oxygens (including phenoxy) is 1. The van der Waals surface area contributed by atoms with Crippen molar-refractivity contribution in [3.05, 3.63) is 71.8 Å². The van der Waals surface area contributed by atoms with E-state index in [2.05, 4.69) is 11.9 Å². The summed E-state index contributed by atoms with van der Waals surface area (Å²) in [6, 6.07) is 17.4. The number of benzene rings is 2. The summed E-state index contributed by atoms with van der Waals surface area (Å²) in [6.45, 7) is 3.58. The van der Waals surface area contributed by atoms with Gasteiger partial charge in [-0.25, -0.2) is 9.59 Å². The minimum Gasteiger partial charge on any atom is -0.478 e. The smallest absolute Gasteiger partial charge is 0.338 e. The van der Waals surface area contributed by atoms with Crippen LogP contribution in [0.3, 0.4) is 0 Å². The third-order valence-corrected chi connectivity index (χ3v) is 4.01. The minimum atomic E-state index is -0.879. The number of nitrogens with zero attached hydrogens (tertiary/aromatic N) is 1. The molecule has 29 heavy (non-hydrogen) atoms. The Kier molecular flexibility index (Phi) is 13.3. The maximum atomic E-state index is 11.6. The highest BCUT2D eigenvalue weighted by atomic mass is 16.5. The van der Waals surface area contributed by atoms with Crippen molar-refractivity contribution in [2.45, 2.75) is 45.4 Å². The normalized spacial score (nSPS) is 10.2. The Morgan fingerprint density at radius 2 is 1.52 bits per heavy atom. The molecule has 0 aromatic heterocycles. The van der Waals surface area contributed by atoms with Gasteiger partial charge in [-0.15, -0.1) is 0 Å². The molecule has 156 valence electrons. The SMILES string of the molecule is CCCCCCN=CCCCOC(=O)c1ccccc1.O=C(O)c1ccccc1. The van der Waals surface area contributed by atoms with E-state index in [9.17, 15) is 9.59 Å². The van der Waals surface area contributed by atoms with Gasteiger partial charge in [-0.2, -0.15) is 0 Å². The number of hydrogen-bond donors (Lipinski definition) is 1. The fourth-order valence-electron chi connectivity index (χ4n) is 2.39. The van der Waals surface area contributed by atoms with E-state index >= 15 is 0 Å². The number of aliphatic imine (C=N–C) groups is 1. The summed E-state index contributed by atoms with van der Waals surface area (Å²) in [6.07, 6.45) is 8.65. The van der Waals surface area contributed by atoms with Gasteiger partial charge < -0.3 is 9.84 Å². The van der Waals surface area contributed by atoms with Gasteiger partial charge in [0.2, 0.25) is 0 Å². The van der Waals surface area contributed by atoms with Crippen LogP contribution in [0.5, 0.6) is 0 Å². The maximum Gasteiger partial charge on any atom is 0.338 e. The average molecular weight is 398 g/mol. The molecule has 0 heterocycles. The van der Waals surface area contributed by atoms with Gasteiger partial charge in [0, 0.05) is 6.54 Å². The van der Waals surface area contributed by atoms with E-state index in [-0.39, 0.29) is 5.97 Å². The summed E-state index contributed by atoms with van der Waals surface area (Å²) in [4.78, 5) is 26.2. The lowest BCUT2D eigenvalue weighted by molar-refractivity contribution is 0.0502. The lowest BCUT2D eigenvalue weighted by Crippen LogP contribution is -2.06. The highest BCUT2D eigenvalue weighted by Crippen LogP contribution is 2.02. The quantitative estimate of drug-likeness (QED) is 0.301. The first-order chi connectivity index (χ1) is 14.1. The van der Waals surface area contributed by atoms with Crippen molar-refractivity contribution in [3.8, 4) is 0 Å². The predicted molar refractivity (Wildman–Crippen MR) is 117 cm³/mol. The maximum absolute atomic E-state index is 11.6. The van der Waals surface area contributed by atoms with Gasteiger partial charge in [0.25, 0.3) is 0 Å². The summed E-state index contributed by atoms with van der Waals surface area (Å²) >= 11 is 0. The van der Waals surface area contributed by atoms with Gasteiger partial charge >= 0.3 is 11.9 Å². The van der Waals surface area contributed by atoms with Crippen molar-refractivity contribution in [1.29, 1.82) is 0 Å². The van der Waals surface area contributed by atoms with Crippen molar-refractivity contribution in [2.24, 2.45) is 4.99 Å². The molecule has 0 saturated carbocycles. The van der Waals surface area contributed by atoms with Crippen LogP contribution in [0.25, 0.3) is 0 Å². The van der Waals surface area contributed by atoms with Crippen LogP contribution >= 0.6 is 0 Å². The fraction of sp³-hybridized carbons (Fsp3) is 0.375. The number of carbonyl (C=O) groups is 2. The first kappa shape index (κ1) is 24.1. The van der Waals surface area contributed by atoms with E-state index in [1.807, 2.05) is 24.4 Å². The largest absolute Gasteiger partial charge is 0.478 e. The molecule has 0 unspecified atom stereocenters. The number of hydrogen-bond acceptors (Lipinski definition) is 4. The highest BCUT2D eigenvalue weighted by Gasteiger charge is 2.04. The van der Waals surface area contributed by atoms with E-state index in [1.165, 1.54) is 25.7 Å².